The van der Waals surface area contributed by atoms with Gasteiger partial charge in [-0.25, -0.2) is 4.98 Å². The standard InChI is InChI=1S/C19H14BrN3O2S/c1-10-7-14-15(8-11(10)2)23-17(24)9-16(26-19(23)22-14)18(25)21-13-5-3-12(20)4-6-13/h3-9H,1-2H3,(H,21,25). The maximum absolute atomic E-state index is 12.6. The molecule has 1 N–H and O–H groups in total. The summed E-state index contributed by atoms with van der Waals surface area (Å²) >= 11 is 4.56. The Labute approximate surface area is 161 Å². The molecule has 4 rings (SSSR count). The maximum Gasteiger partial charge on any atom is 0.266 e. The third-order valence-corrected chi connectivity index (χ3v) is 5.75. The van der Waals surface area contributed by atoms with E-state index in [9.17, 15) is 9.59 Å². The van der Waals surface area contributed by atoms with Crippen LogP contribution in [-0.4, -0.2) is 15.3 Å². The first kappa shape index (κ1) is 16.9. The first-order chi connectivity index (χ1) is 12.4. The summed E-state index contributed by atoms with van der Waals surface area (Å²) in [6.45, 7) is 4.01. The lowest BCUT2D eigenvalue weighted by Crippen LogP contribution is -2.17. The molecule has 0 fully saturated rings. The molecule has 0 bridgehead atoms. The number of amides is 1. The maximum atomic E-state index is 12.6. The molecule has 130 valence electrons. The van der Waals surface area contributed by atoms with Gasteiger partial charge in [-0.3, -0.25) is 14.0 Å². The molecular weight excluding hydrogens is 414 g/mol. The minimum absolute atomic E-state index is 0.259. The van der Waals surface area contributed by atoms with Gasteiger partial charge >= 0.3 is 0 Å². The second kappa shape index (κ2) is 6.34. The van der Waals surface area contributed by atoms with Gasteiger partial charge in [0.2, 0.25) is 0 Å². The molecule has 2 heterocycles. The van der Waals surface area contributed by atoms with Crippen LogP contribution in [0.3, 0.4) is 0 Å². The van der Waals surface area contributed by atoms with Crippen molar-refractivity contribution in [3.63, 3.8) is 0 Å². The molecule has 1 amide bonds. The molecule has 7 heteroatoms. The zero-order valence-corrected chi connectivity index (χ0v) is 16.4. The highest BCUT2D eigenvalue weighted by Crippen LogP contribution is 2.23. The van der Waals surface area contributed by atoms with Crippen LogP contribution < -0.4 is 10.9 Å². The third-order valence-electron chi connectivity index (χ3n) is 4.24. The quantitative estimate of drug-likeness (QED) is 0.510. The van der Waals surface area contributed by atoms with Gasteiger partial charge in [0, 0.05) is 16.2 Å². The molecule has 0 radical (unpaired) electrons. The number of imidazole rings is 1. The lowest BCUT2D eigenvalue weighted by molar-refractivity contribution is 0.103. The van der Waals surface area contributed by atoms with Crippen LogP contribution in [0.25, 0.3) is 16.0 Å². The first-order valence-corrected chi connectivity index (χ1v) is 9.54. The molecule has 0 spiro atoms. The number of nitrogens with one attached hydrogen (secondary N) is 1. The van der Waals surface area contributed by atoms with E-state index in [0.717, 1.165) is 26.6 Å². The Bertz CT molecular complexity index is 1230. The van der Waals surface area contributed by atoms with E-state index in [2.05, 4.69) is 26.2 Å². The van der Waals surface area contributed by atoms with Crippen LogP contribution in [-0.2, 0) is 0 Å². The number of halogens is 1. The lowest BCUT2D eigenvalue weighted by atomic mass is 10.1. The summed E-state index contributed by atoms with van der Waals surface area (Å²) in [5, 5.41) is 2.80. The summed E-state index contributed by atoms with van der Waals surface area (Å²) < 4.78 is 2.49. The van der Waals surface area contributed by atoms with Gasteiger partial charge in [0.25, 0.3) is 11.5 Å². The summed E-state index contributed by atoms with van der Waals surface area (Å²) in [7, 11) is 0. The van der Waals surface area contributed by atoms with E-state index in [-0.39, 0.29) is 11.5 Å². The molecule has 0 unspecified atom stereocenters. The summed E-state index contributed by atoms with van der Waals surface area (Å²) in [5.74, 6) is -0.323. The Morgan fingerprint density at radius 3 is 2.54 bits per heavy atom. The van der Waals surface area contributed by atoms with Crippen molar-refractivity contribution in [3.8, 4) is 0 Å². The highest BCUT2D eigenvalue weighted by atomic mass is 79.9. The molecule has 0 aliphatic rings. The Morgan fingerprint density at radius 2 is 1.81 bits per heavy atom. The average molecular weight is 428 g/mol. The second-order valence-electron chi connectivity index (χ2n) is 6.06. The first-order valence-electron chi connectivity index (χ1n) is 7.93. The van der Waals surface area contributed by atoms with E-state index in [1.54, 1.807) is 16.5 Å². The molecule has 26 heavy (non-hydrogen) atoms. The van der Waals surface area contributed by atoms with Gasteiger partial charge in [0.05, 0.1) is 11.0 Å². The van der Waals surface area contributed by atoms with E-state index in [1.807, 2.05) is 38.1 Å². The highest BCUT2D eigenvalue weighted by Gasteiger charge is 2.15. The molecule has 5 nitrogen and oxygen atoms in total. The Morgan fingerprint density at radius 1 is 1.12 bits per heavy atom. The second-order valence-corrected chi connectivity index (χ2v) is 7.99. The molecule has 0 aliphatic heterocycles. The monoisotopic (exact) mass is 427 g/mol. The van der Waals surface area contributed by atoms with Crippen molar-refractivity contribution in [2.45, 2.75) is 13.8 Å². The van der Waals surface area contributed by atoms with E-state index in [0.29, 0.717) is 15.5 Å². The van der Waals surface area contributed by atoms with Gasteiger partial charge in [-0.2, -0.15) is 0 Å². The van der Waals surface area contributed by atoms with Crippen LogP contribution in [0.15, 0.2) is 51.7 Å². The van der Waals surface area contributed by atoms with Crippen molar-refractivity contribution in [2.75, 3.05) is 5.32 Å². The van der Waals surface area contributed by atoms with Gasteiger partial charge in [-0.1, -0.05) is 27.3 Å². The molecule has 4 aromatic rings. The SMILES string of the molecule is Cc1cc2nc3sc(C(=O)Nc4ccc(Br)cc4)cc(=O)n3c2cc1C. The van der Waals surface area contributed by atoms with Gasteiger partial charge in [-0.15, -0.1) is 0 Å². The minimum atomic E-state index is -0.323. The van der Waals surface area contributed by atoms with Gasteiger partial charge in [0.1, 0.15) is 4.88 Å². The number of fused-ring (bicyclic) bond motifs is 3. The number of hydrogen-bond acceptors (Lipinski definition) is 4. The van der Waals surface area contributed by atoms with Crippen LogP contribution in [0.5, 0.6) is 0 Å². The zero-order chi connectivity index (χ0) is 18.4. The summed E-state index contributed by atoms with van der Waals surface area (Å²) in [6.07, 6.45) is 0. The van der Waals surface area contributed by atoms with E-state index >= 15 is 0 Å². The predicted octanol–water partition coefficient (Wildman–Crippen LogP) is 4.54. The molecule has 0 aliphatic carbocycles. The van der Waals surface area contributed by atoms with Crippen molar-refractivity contribution in [2.24, 2.45) is 0 Å². The van der Waals surface area contributed by atoms with Crippen LogP contribution >= 0.6 is 27.3 Å². The van der Waals surface area contributed by atoms with Crippen LogP contribution in [0, 0.1) is 13.8 Å². The van der Waals surface area contributed by atoms with Crippen molar-refractivity contribution >= 4 is 54.9 Å². The summed E-state index contributed by atoms with van der Waals surface area (Å²) in [4.78, 5) is 30.5. The molecular formula is C19H14BrN3O2S. The van der Waals surface area contributed by atoms with Gasteiger partial charge in [0.15, 0.2) is 4.96 Å². The number of benzene rings is 2. The van der Waals surface area contributed by atoms with Gasteiger partial charge < -0.3 is 5.32 Å². The van der Waals surface area contributed by atoms with E-state index in [1.165, 1.54) is 17.4 Å². The average Bonchev–Trinajstić information content (AvgIpc) is 2.95. The van der Waals surface area contributed by atoms with Crippen molar-refractivity contribution < 1.29 is 4.79 Å². The Hall–Kier alpha value is -2.51. The van der Waals surface area contributed by atoms with Crippen LogP contribution in [0.4, 0.5) is 5.69 Å². The number of anilines is 1. The van der Waals surface area contributed by atoms with Crippen molar-refractivity contribution in [1.29, 1.82) is 0 Å². The van der Waals surface area contributed by atoms with Crippen molar-refractivity contribution in [3.05, 3.63) is 73.3 Å². The number of rotatable bonds is 2. The molecule has 0 saturated carbocycles. The van der Waals surface area contributed by atoms with Gasteiger partial charge in [-0.05, 0) is 61.4 Å². The number of hydrogen-bond donors (Lipinski definition) is 1. The molecule has 2 aromatic heterocycles. The largest absolute Gasteiger partial charge is 0.321 e. The fourth-order valence-electron chi connectivity index (χ4n) is 2.73. The predicted molar refractivity (Wildman–Crippen MR) is 108 cm³/mol. The number of nitrogens with zero attached hydrogens (tertiary/aromatic N) is 2. The fraction of sp³-hybridized carbons (Fsp3) is 0.105. The topological polar surface area (TPSA) is 63.5 Å². The highest BCUT2D eigenvalue weighted by molar-refractivity contribution is 9.10. The molecule has 2 aromatic carbocycles. The van der Waals surface area contributed by atoms with E-state index in [4.69, 9.17) is 0 Å². The summed E-state index contributed by atoms with van der Waals surface area (Å²) in [5.41, 5.74) is 4.14. The number of carbonyl (C=O) groups is 1. The van der Waals surface area contributed by atoms with Crippen molar-refractivity contribution in [1.82, 2.24) is 9.38 Å². The molecule has 0 saturated heterocycles. The molecule has 0 atom stereocenters. The fourth-order valence-corrected chi connectivity index (χ4v) is 3.92. The Balaban J connectivity index is 1.79. The van der Waals surface area contributed by atoms with Crippen LogP contribution in [0.2, 0.25) is 0 Å². The minimum Gasteiger partial charge on any atom is -0.321 e. The number of aromatic nitrogens is 2. The smallest absolute Gasteiger partial charge is 0.266 e. The normalized spacial score (nSPS) is 11.2. The van der Waals surface area contributed by atoms with E-state index < -0.39 is 0 Å². The lowest BCUT2D eigenvalue weighted by Gasteiger charge is -2.05. The third kappa shape index (κ3) is 2.93. The number of aryl methyl sites for hydroxylation is 2. The zero-order valence-electron chi connectivity index (χ0n) is 14.0. The summed E-state index contributed by atoms with van der Waals surface area (Å²) in [6, 6.07) is 12.5. The van der Waals surface area contributed by atoms with Crippen LogP contribution in [0.1, 0.15) is 20.8 Å². The Kier molecular flexibility index (Phi) is 4.13. The number of carbonyl (C=O) groups excluding carboxylic acids is 1.